The van der Waals surface area contributed by atoms with Crippen LogP contribution in [0, 0.1) is 0 Å². The molecule has 1 aromatic carbocycles. The summed E-state index contributed by atoms with van der Waals surface area (Å²) in [5.41, 5.74) is 10.7. The number of hydrogen-bond donors (Lipinski definition) is 2. The summed E-state index contributed by atoms with van der Waals surface area (Å²) in [5.74, 6) is -1.04. The second-order valence-electron chi connectivity index (χ2n) is 3.72. The number of primary amides is 2. The lowest BCUT2D eigenvalue weighted by molar-refractivity contribution is 0.0988. The van der Waals surface area contributed by atoms with Gasteiger partial charge in [0.1, 0.15) is 0 Å². The van der Waals surface area contributed by atoms with Gasteiger partial charge in [0.25, 0.3) is 0 Å². The molecule has 86 valence electrons. The number of carbonyl (C=O) groups excluding carboxylic acids is 2. The summed E-state index contributed by atoms with van der Waals surface area (Å²) in [6.07, 6.45) is 6.00. The van der Waals surface area contributed by atoms with Crippen LogP contribution in [0.2, 0.25) is 0 Å². The lowest BCUT2D eigenvalue weighted by Crippen LogP contribution is -2.13. The van der Waals surface area contributed by atoms with Crippen molar-refractivity contribution in [3.8, 4) is 0 Å². The van der Waals surface area contributed by atoms with Crippen molar-refractivity contribution < 1.29 is 9.59 Å². The monoisotopic (exact) mass is 220 g/mol. The second-order valence-corrected chi connectivity index (χ2v) is 3.72. The van der Waals surface area contributed by atoms with Crippen LogP contribution in [0.5, 0.6) is 0 Å². The molecule has 1 saturated carbocycles. The van der Waals surface area contributed by atoms with E-state index in [2.05, 4.69) is 0 Å². The van der Waals surface area contributed by atoms with E-state index < -0.39 is 11.8 Å². The van der Waals surface area contributed by atoms with Gasteiger partial charge in [-0.1, -0.05) is 25.7 Å². The Morgan fingerprint density at radius 2 is 1.00 bits per heavy atom. The van der Waals surface area contributed by atoms with E-state index in [9.17, 15) is 9.59 Å². The van der Waals surface area contributed by atoms with Gasteiger partial charge in [-0.15, -0.1) is 0 Å². The highest BCUT2D eigenvalue weighted by atomic mass is 16.1. The smallest absolute Gasteiger partial charge is 0.248 e. The SMILES string of the molecule is C1CCC1.NC(=O)c1ccc(C(N)=O)cc1. The van der Waals surface area contributed by atoms with Gasteiger partial charge in [-0.3, -0.25) is 9.59 Å². The largest absolute Gasteiger partial charge is 0.366 e. The molecule has 0 bridgehead atoms. The van der Waals surface area contributed by atoms with Crippen LogP contribution >= 0.6 is 0 Å². The van der Waals surface area contributed by atoms with Crippen molar-refractivity contribution in [3.05, 3.63) is 35.4 Å². The van der Waals surface area contributed by atoms with E-state index in [1.165, 1.54) is 49.9 Å². The van der Waals surface area contributed by atoms with Crippen LogP contribution in [0.1, 0.15) is 46.4 Å². The zero-order valence-corrected chi connectivity index (χ0v) is 9.11. The summed E-state index contributed by atoms with van der Waals surface area (Å²) in [7, 11) is 0. The average Bonchev–Trinajstić information content (AvgIpc) is 2.15. The number of nitrogens with two attached hydrogens (primary N) is 2. The van der Waals surface area contributed by atoms with E-state index in [1.807, 2.05) is 0 Å². The molecule has 0 saturated heterocycles. The minimum absolute atomic E-state index is 0.361. The van der Waals surface area contributed by atoms with Crippen molar-refractivity contribution in [1.82, 2.24) is 0 Å². The zero-order chi connectivity index (χ0) is 12.0. The van der Waals surface area contributed by atoms with Crippen LogP contribution in [-0.2, 0) is 0 Å². The zero-order valence-electron chi connectivity index (χ0n) is 9.11. The minimum Gasteiger partial charge on any atom is -0.366 e. The first kappa shape index (κ1) is 12.2. The first-order chi connectivity index (χ1) is 7.61. The number of amides is 2. The Hall–Kier alpha value is -1.84. The Labute approximate surface area is 94.6 Å². The fourth-order valence-corrected chi connectivity index (χ4v) is 1.05. The molecule has 1 aromatic rings. The Morgan fingerprint density at radius 1 is 0.750 bits per heavy atom. The van der Waals surface area contributed by atoms with Crippen molar-refractivity contribution in [2.24, 2.45) is 11.5 Å². The minimum atomic E-state index is -0.522. The summed E-state index contributed by atoms with van der Waals surface area (Å²) in [5, 5.41) is 0. The van der Waals surface area contributed by atoms with E-state index in [1.54, 1.807) is 0 Å². The van der Waals surface area contributed by atoms with Gasteiger partial charge in [-0.2, -0.15) is 0 Å². The summed E-state index contributed by atoms with van der Waals surface area (Å²) >= 11 is 0. The molecule has 0 atom stereocenters. The topological polar surface area (TPSA) is 86.2 Å². The molecule has 2 rings (SSSR count). The lowest BCUT2D eigenvalue weighted by atomic mass is 10.0. The first-order valence-corrected chi connectivity index (χ1v) is 5.31. The molecule has 0 aliphatic heterocycles. The quantitative estimate of drug-likeness (QED) is 0.790. The standard InChI is InChI=1S/C8H8N2O2.C4H8/c9-7(11)5-1-2-6(4-3-5)8(10)12;1-2-4-3-1/h1-4H,(H2,9,11)(H2,10,12);1-4H2. The van der Waals surface area contributed by atoms with Crippen LogP contribution in [0.25, 0.3) is 0 Å². The van der Waals surface area contributed by atoms with Crippen molar-refractivity contribution in [3.63, 3.8) is 0 Å². The number of benzene rings is 1. The summed E-state index contributed by atoms with van der Waals surface area (Å²) in [6, 6.07) is 5.84. The Kier molecular flexibility index (Phi) is 4.51. The summed E-state index contributed by atoms with van der Waals surface area (Å²) < 4.78 is 0. The molecule has 4 N–H and O–H groups in total. The van der Waals surface area contributed by atoms with Gasteiger partial charge in [-0.25, -0.2) is 0 Å². The molecule has 0 radical (unpaired) electrons. The molecule has 2 amide bonds. The molecule has 4 heteroatoms. The van der Waals surface area contributed by atoms with Gasteiger partial charge in [0.2, 0.25) is 11.8 Å². The Bertz CT molecular complexity index is 330. The maximum absolute atomic E-state index is 10.6. The third-order valence-corrected chi connectivity index (χ3v) is 2.45. The van der Waals surface area contributed by atoms with Gasteiger partial charge in [0, 0.05) is 11.1 Å². The first-order valence-electron chi connectivity index (χ1n) is 5.31. The molecule has 0 unspecified atom stereocenters. The van der Waals surface area contributed by atoms with Crippen molar-refractivity contribution >= 4 is 11.8 Å². The van der Waals surface area contributed by atoms with Crippen molar-refractivity contribution in [2.45, 2.75) is 25.7 Å². The molecule has 1 aliphatic carbocycles. The molecule has 0 aromatic heterocycles. The predicted octanol–water partition coefficient (Wildman–Crippen LogP) is 1.44. The number of carbonyl (C=O) groups is 2. The van der Waals surface area contributed by atoms with Crippen molar-refractivity contribution in [2.75, 3.05) is 0 Å². The van der Waals surface area contributed by atoms with E-state index in [0.717, 1.165) is 0 Å². The summed E-state index contributed by atoms with van der Waals surface area (Å²) in [6.45, 7) is 0. The number of hydrogen-bond acceptors (Lipinski definition) is 2. The van der Waals surface area contributed by atoms with Crippen LogP contribution < -0.4 is 11.5 Å². The van der Waals surface area contributed by atoms with Gasteiger partial charge in [-0.05, 0) is 24.3 Å². The van der Waals surface area contributed by atoms with Crippen LogP contribution in [0.3, 0.4) is 0 Å². The highest BCUT2D eigenvalue weighted by Crippen LogP contribution is 2.15. The van der Waals surface area contributed by atoms with E-state index in [0.29, 0.717) is 11.1 Å². The van der Waals surface area contributed by atoms with Crippen LogP contribution in [0.15, 0.2) is 24.3 Å². The molecular weight excluding hydrogens is 204 g/mol. The van der Waals surface area contributed by atoms with E-state index in [4.69, 9.17) is 11.5 Å². The number of rotatable bonds is 2. The van der Waals surface area contributed by atoms with Gasteiger partial charge in [0.15, 0.2) is 0 Å². The van der Waals surface area contributed by atoms with Crippen LogP contribution in [0.4, 0.5) is 0 Å². The molecular formula is C12H16N2O2. The molecule has 1 fully saturated rings. The van der Waals surface area contributed by atoms with Gasteiger partial charge >= 0.3 is 0 Å². The third-order valence-electron chi connectivity index (χ3n) is 2.45. The fourth-order valence-electron chi connectivity index (χ4n) is 1.05. The maximum Gasteiger partial charge on any atom is 0.248 e. The molecule has 4 nitrogen and oxygen atoms in total. The van der Waals surface area contributed by atoms with E-state index in [-0.39, 0.29) is 0 Å². The van der Waals surface area contributed by atoms with Crippen LogP contribution in [-0.4, -0.2) is 11.8 Å². The predicted molar refractivity (Wildman–Crippen MR) is 61.9 cm³/mol. The molecule has 16 heavy (non-hydrogen) atoms. The maximum atomic E-state index is 10.6. The van der Waals surface area contributed by atoms with E-state index >= 15 is 0 Å². The molecule has 0 heterocycles. The molecule has 1 aliphatic rings. The van der Waals surface area contributed by atoms with Crippen molar-refractivity contribution in [1.29, 1.82) is 0 Å². The molecule has 0 spiro atoms. The highest BCUT2D eigenvalue weighted by molar-refractivity contribution is 5.96. The second kappa shape index (κ2) is 5.90. The normalized spacial score (nSPS) is 13.0. The van der Waals surface area contributed by atoms with Gasteiger partial charge < -0.3 is 11.5 Å². The Balaban J connectivity index is 0.000000267. The fraction of sp³-hybridized carbons (Fsp3) is 0.333. The summed E-state index contributed by atoms with van der Waals surface area (Å²) in [4.78, 5) is 21.2. The van der Waals surface area contributed by atoms with Gasteiger partial charge in [0.05, 0.1) is 0 Å². The third kappa shape index (κ3) is 3.73. The average molecular weight is 220 g/mol. The Morgan fingerprint density at radius 3 is 1.12 bits per heavy atom. The lowest BCUT2D eigenvalue weighted by Gasteiger charge is -2.05. The highest BCUT2D eigenvalue weighted by Gasteiger charge is 2.02.